The number of nitrogens with zero attached hydrogens (tertiary/aromatic N) is 2. The number of guanidine groups is 1. The number of hydrogen-bond acceptors (Lipinski definition) is 3. The van der Waals surface area contributed by atoms with Crippen LogP contribution in [-0.4, -0.2) is 50.4 Å². The van der Waals surface area contributed by atoms with Crippen molar-refractivity contribution in [1.82, 2.24) is 14.9 Å². The SMILES string of the molecule is CCNC(=NCc1ccc(F)cc1)NCC1CCN(S(=O)(=O)C(F)(F)F)CC1. The molecule has 2 N–H and O–H groups in total. The Morgan fingerprint density at radius 2 is 1.79 bits per heavy atom. The van der Waals surface area contributed by atoms with Crippen molar-refractivity contribution in [3.05, 3.63) is 35.6 Å². The van der Waals surface area contributed by atoms with Gasteiger partial charge in [0, 0.05) is 26.2 Å². The van der Waals surface area contributed by atoms with Gasteiger partial charge in [-0.15, -0.1) is 0 Å². The van der Waals surface area contributed by atoms with Gasteiger partial charge in [0.05, 0.1) is 6.54 Å². The number of nitrogens with one attached hydrogen (secondary N) is 2. The van der Waals surface area contributed by atoms with Crippen LogP contribution in [0.2, 0.25) is 0 Å². The number of aliphatic imine (C=N–C) groups is 1. The van der Waals surface area contributed by atoms with E-state index in [0.29, 0.717) is 42.7 Å². The summed E-state index contributed by atoms with van der Waals surface area (Å²) in [6, 6.07) is 5.99. The predicted octanol–water partition coefficient (Wildman–Crippen LogP) is 2.44. The Kier molecular flexibility index (Phi) is 7.64. The van der Waals surface area contributed by atoms with Crippen LogP contribution in [-0.2, 0) is 16.6 Å². The molecule has 1 aromatic carbocycles. The highest BCUT2D eigenvalue weighted by Gasteiger charge is 2.50. The molecule has 1 aromatic rings. The standard InChI is InChI=1S/C17H24F4N4O2S/c1-2-22-16(23-11-13-3-5-15(18)6-4-13)24-12-14-7-9-25(10-8-14)28(26,27)17(19,20)21/h3-6,14H,2,7-12H2,1H3,(H2,22,23,24). The number of rotatable bonds is 6. The van der Waals surface area contributed by atoms with Gasteiger partial charge in [0.1, 0.15) is 5.82 Å². The number of halogens is 4. The van der Waals surface area contributed by atoms with Crippen molar-refractivity contribution in [2.45, 2.75) is 31.8 Å². The highest BCUT2D eigenvalue weighted by Crippen LogP contribution is 2.30. The topological polar surface area (TPSA) is 73.8 Å². The van der Waals surface area contributed by atoms with E-state index in [2.05, 4.69) is 15.6 Å². The number of sulfonamides is 1. The van der Waals surface area contributed by atoms with Crippen molar-refractivity contribution in [3.8, 4) is 0 Å². The first-order valence-electron chi connectivity index (χ1n) is 8.96. The van der Waals surface area contributed by atoms with Crippen molar-refractivity contribution < 1.29 is 26.0 Å². The molecule has 0 unspecified atom stereocenters. The van der Waals surface area contributed by atoms with Gasteiger partial charge in [-0.2, -0.15) is 17.5 Å². The molecule has 11 heteroatoms. The Bertz CT molecular complexity index is 758. The molecule has 28 heavy (non-hydrogen) atoms. The molecule has 1 fully saturated rings. The number of piperidine rings is 1. The fraction of sp³-hybridized carbons (Fsp3) is 0.588. The van der Waals surface area contributed by atoms with E-state index in [9.17, 15) is 26.0 Å². The molecule has 0 atom stereocenters. The van der Waals surface area contributed by atoms with Gasteiger partial charge < -0.3 is 10.6 Å². The molecule has 2 rings (SSSR count). The second-order valence-corrected chi connectivity index (χ2v) is 8.43. The van der Waals surface area contributed by atoms with E-state index in [4.69, 9.17) is 0 Å². The second-order valence-electron chi connectivity index (χ2n) is 6.50. The molecular formula is C17H24F4N4O2S. The summed E-state index contributed by atoms with van der Waals surface area (Å²) in [7, 11) is -5.25. The van der Waals surface area contributed by atoms with Crippen LogP contribution < -0.4 is 10.6 Å². The van der Waals surface area contributed by atoms with Crippen molar-refractivity contribution in [2.75, 3.05) is 26.2 Å². The van der Waals surface area contributed by atoms with E-state index in [-0.39, 0.29) is 24.8 Å². The van der Waals surface area contributed by atoms with Crippen LogP contribution in [0.4, 0.5) is 17.6 Å². The molecular weight excluding hydrogens is 400 g/mol. The quantitative estimate of drug-likeness (QED) is 0.418. The van der Waals surface area contributed by atoms with Crippen LogP contribution in [0, 0.1) is 11.7 Å². The molecule has 0 aromatic heterocycles. The van der Waals surface area contributed by atoms with E-state index in [0.717, 1.165) is 5.56 Å². The number of hydrogen-bond donors (Lipinski definition) is 2. The third-order valence-corrected chi connectivity index (χ3v) is 6.07. The zero-order valence-corrected chi connectivity index (χ0v) is 16.3. The molecule has 1 saturated heterocycles. The molecule has 1 heterocycles. The zero-order valence-electron chi connectivity index (χ0n) is 15.5. The smallest absolute Gasteiger partial charge is 0.357 e. The van der Waals surface area contributed by atoms with Gasteiger partial charge in [0.25, 0.3) is 0 Å². The largest absolute Gasteiger partial charge is 0.511 e. The van der Waals surface area contributed by atoms with Gasteiger partial charge in [-0.25, -0.2) is 17.8 Å². The van der Waals surface area contributed by atoms with Crippen LogP contribution >= 0.6 is 0 Å². The van der Waals surface area contributed by atoms with Crippen LogP contribution in [0.25, 0.3) is 0 Å². The molecule has 1 aliphatic heterocycles. The third kappa shape index (κ3) is 6.06. The van der Waals surface area contributed by atoms with Gasteiger partial charge in [-0.3, -0.25) is 0 Å². The van der Waals surface area contributed by atoms with E-state index < -0.39 is 15.5 Å². The lowest BCUT2D eigenvalue weighted by atomic mass is 9.98. The Labute approximate surface area is 162 Å². The van der Waals surface area contributed by atoms with Gasteiger partial charge in [0.15, 0.2) is 5.96 Å². The number of benzene rings is 1. The molecule has 6 nitrogen and oxygen atoms in total. The lowest BCUT2D eigenvalue weighted by Gasteiger charge is -2.31. The van der Waals surface area contributed by atoms with Crippen molar-refractivity contribution in [1.29, 1.82) is 0 Å². The summed E-state index contributed by atoms with van der Waals surface area (Å²) in [6.45, 7) is 3.02. The van der Waals surface area contributed by atoms with Gasteiger partial charge in [-0.05, 0) is 43.4 Å². The van der Waals surface area contributed by atoms with E-state index >= 15 is 0 Å². The Hall–Kier alpha value is -1.88. The van der Waals surface area contributed by atoms with Crippen molar-refractivity contribution in [3.63, 3.8) is 0 Å². The third-order valence-electron chi connectivity index (χ3n) is 4.44. The highest BCUT2D eigenvalue weighted by atomic mass is 32.2. The summed E-state index contributed by atoms with van der Waals surface area (Å²) in [5.74, 6) is 0.253. The summed E-state index contributed by atoms with van der Waals surface area (Å²) in [4.78, 5) is 4.40. The van der Waals surface area contributed by atoms with Crippen LogP contribution in [0.15, 0.2) is 29.3 Å². The Balaban J connectivity index is 1.86. The summed E-state index contributed by atoms with van der Waals surface area (Å²) >= 11 is 0. The van der Waals surface area contributed by atoms with Crippen molar-refractivity contribution >= 4 is 16.0 Å². The predicted molar refractivity (Wildman–Crippen MR) is 98.5 cm³/mol. The molecule has 0 spiro atoms. The molecule has 158 valence electrons. The molecule has 0 bridgehead atoms. The van der Waals surface area contributed by atoms with Crippen LogP contribution in [0.5, 0.6) is 0 Å². The molecule has 0 aliphatic carbocycles. The van der Waals surface area contributed by atoms with E-state index in [1.807, 2.05) is 6.92 Å². The average molecular weight is 424 g/mol. The van der Waals surface area contributed by atoms with Crippen LogP contribution in [0.1, 0.15) is 25.3 Å². The van der Waals surface area contributed by atoms with Gasteiger partial charge >= 0.3 is 15.5 Å². The maximum Gasteiger partial charge on any atom is 0.511 e. The summed E-state index contributed by atoms with van der Waals surface area (Å²) in [5, 5.41) is 6.20. The maximum atomic E-state index is 12.9. The van der Waals surface area contributed by atoms with Gasteiger partial charge in [0.2, 0.25) is 0 Å². The summed E-state index contributed by atoms with van der Waals surface area (Å²) in [6.07, 6.45) is 0.666. The number of alkyl halides is 3. The summed E-state index contributed by atoms with van der Waals surface area (Å²) < 4.78 is 74.2. The molecule has 0 radical (unpaired) electrons. The first kappa shape index (κ1) is 22.4. The lowest BCUT2D eigenvalue weighted by Crippen LogP contribution is -2.47. The monoisotopic (exact) mass is 424 g/mol. The fourth-order valence-corrected chi connectivity index (χ4v) is 3.83. The Morgan fingerprint density at radius 3 is 2.32 bits per heavy atom. The first-order valence-corrected chi connectivity index (χ1v) is 10.4. The van der Waals surface area contributed by atoms with Crippen LogP contribution in [0.3, 0.4) is 0 Å². The lowest BCUT2D eigenvalue weighted by molar-refractivity contribution is -0.0496. The van der Waals surface area contributed by atoms with E-state index in [1.165, 1.54) is 12.1 Å². The average Bonchev–Trinajstić information content (AvgIpc) is 2.65. The maximum absolute atomic E-state index is 12.9. The summed E-state index contributed by atoms with van der Waals surface area (Å²) in [5.41, 5.74) is -4.42. The molecule has 0 saturated carbocycles. The fourth-order valence-electron chi connectivity index (χ4n) is 2.84. The normalized spacial score (nSPS) is 17.5. The zero-order chi connectivity index (χ0) is 20.8. The first-order chi connectivity index (χ1) is 13.1. The highest BCUT2D eigenvalue weighted by molar-refractivity contribution is 7.90. The minimum Gasteiger partial charge on any atom is -0.357 e. The second kappa shape index (κ2) is 9.55. The van der Waals surface area contributed by atoms with E-state index in [1.54, 1.807) is 12.1 Å². The minimum atomic E-state index is -5.26. The van der Waals surface area contributed by atoms with Gasteiger partial charge in [-0.1, -0.05) is 12.1 Å². The molecule has 0 amide bonds. The minimum absolute atomic E-state index is 0.0364. The Morgan fingerprint density at radius 1 is 1.18 bits per heavy atom. The van der Waals surface area contributed by atoms with Crippen molar-refractivity contribution in [2.24, 2.45) is 10.9 Å². The molecule has 1 aliphatic rings.